The summed E-state index contributed by atoms with van der Waals surface area (Å²) in [5, 5.41) is 12.9. The molecule has 0 bridgehead atoms. The molecule has 0 radical (unpaired) electrons. The molecule has 1 aliphatic carbocycles. The van der Waals surface area contributed by atoms with Crippen LogP contribution in [0.25, 0.3) is 11.0 Å². The molecule has 4 rings (SSSR count). The van der Waals surface area contributed by atoms with Crippen molar-refractivity contribution in [1.82, 2.24) is 15.3 Å². The molecule has 8 nitrogen and oxygen atoms in total. The fourth-order valence-electron chi connectivity index (χ4n) is 3.54. The van der Waals surface area contributed by atoms with Crippen molar-refractivity contribution in [3.8, 4) is 17.7 Å². The summed E-state index contributed by atoms with van der Waals surface area (Å²) in [5.41, 5.74) is 0.748. The van der Waals surface area contributed by atoms with Gasteiger partial charge in [0.05, 0.1) is 7.11 Å². The van der Waals surface area contributed by atoms with Crippen molar-refractivity contribution in [3.63, 3.8) is 0 Å². The van der Waals surface area contributed by atoms with Crippen molar-refractivity contribution >= 4 is 16.9 Å². The van der Waals surface area contributed by atoms with Crippen molar-refractivity contribution in [2.45, 2.75) is 37.8 Å². The first-order chi connectivity index (χ1) is 14.2. The fraction of sp³-hybridized carbons (Fsp3) is 0.333. The molecule has 8 heteroatoms. The number of fused-ring (bicyclic) bond motifs is 1. The van der Waals surface area contributed by atoms with Crippen LogP contribution in [0.1, 0.15) is 41.9 Å². The van der Waals surface area contributed by atoms with Crippen LogP contribution in [0, 0.1) is 11.3 Å². The zero-order valence-corrected chi connectivity index (χ0v) is 15.9. The van der Waals surface area contributed by atoms with Crippen LogP contribution in [0.3, 0.4) is 0 Å². The number of para-hydroxylation sites is 1. The lowest BCUT2D eigenvalue weighted by molar-refractivity contribution is 0.0865. The lowest BCUT2D eigenvalue weighted by Gasteiger charge is -2.29. The number of nitriles is 1. The molecule has 1 saturated carbocycles. The largest absolute Gasteiger partial charge is 0.493 e. The summed E-state index contributed by atoms with van der Waals surface area (Å²) < 4.78 is 16.8. The molecule has 148 valence electrons. The van der Waals surface area contributed by atoms with Crippen LogP contribution in [0.4, 0.5) is 0 Å². The van der Waals surface area contributed by atoms with Gasteiger partial charge in [-0.15, -0.1) is 0 Å². The Kier molecular flexibility index (Phi) is 5.29. The summed E-state index contributed by atoms with van der Waals surface area (Å²) in [5.74, 6) is 0.882. The minimum Gasteiger partial charge on any atom is -0.493 e. The number of benzene rings is 1. The maximum atomic E-state index is 12.6. The Bertz CT molecular complexity index is 1060. The topological polar surface area (TPSA) is 110 Å². The average molecular weight is 392 g/mol. The van der Waals surface area contributed by atoms with E-state index in [1.807, 2.05) is 18.2 Å². The first-order valence-electron chi connectivity index (χ1n) is 9.43. The van der Waals surface area contributed by atoms with E-state index in [9.17, 15) is 4.79 Å². The second kappa shape index (κ2) is 8.19. The number of methoxy groups -OCH3 is 1. The highest BCUT2D eigenvalue weighted by Gasteiger charge is 2.26. The molecule has 29 heavy (non-hydrogen) atoms. The summed E-state index contributed by atoms with van der Waals surface area (Å²) in [4.78, 5) is 20.6. The summed E-state index contributed by atoms with van der Waals surface area (Å²) in [6.45, 7) is 0. The highest BCUT2D eigenvalue weighted by atomic mass is 16.5. The number of nitrogens with one attached hydrogen (secondary N) is 1. The van der Waals surface area contributed by atoms with Crippen molar-refractivity contribution in [1.29, 1.82) is 5.26 Å². The first-order valence-corrected chi connectivity index (χ1v) is 9.43. The Hall–Kier alpha value is -3.60. The van der Waals surface area contributed by atoms with Crippen LogP contribution >= 0.6 is 0 Å². The number of furan rings is 1. The minimum absolute atomic E-state index is 0.0368. The van der Waals surface area contributed by atoms with Crippen molar-refractivity contribution in [2.75, 3.05) is 7.11 Å². The molecule has 2 aromatic heterocycles. The molecule has 3 aromatic rings. The van der Waals surface area contributed by atoms with E-state index < -0.39 is 0 Å². The van der Waals surface area contributed by atoms with Gasteiger partial charge in [0.2, 0.25) is 5.69 Å². The third-order valence-corrected chi connectivity index (χ3v) is 5.01. The number of aromatic nitrogens is 2. The molecule has 1 aromatic carbocycles. The van der Waals surface area contributed by atoms with Gasteiger partial charge in [0.25, 0.3) is 11.8 Å². The van der Waals surface area contributed by atoms with Crippen LogP contribution in [0.15, 0.2) is 41.1 Å². The van der Waals surface area contributed by atoms with Gasteiger partial charge in [-0.2, -0.15) is 5.26 Å². The number of nitrogens with zero attached hydrogens (tertiary/aromatic N) is 3. The highest BCUT2D eigenvalue weighted by molar-refractivity contribution is 5.97. The molecule has 0 atom stereocenters. The minimum atomic E-state index is -0.242. The molecule has 0 saturated heterocycles. The number of carbonyl (C=O) groups is 1. The molecule has 1 amide bonds. The number of carbonyl (C=O) groups excluding carboxylic acids is 1. The standard InChI is InChI=1S/C21H20N4O4/c1-27-17-4-2-3-13-11-18(29-19(13)17)20(26)25-14-5-7-15(8-6-14)28-21-16(12-22)23-9-10-24-21/h2-4,9-11,14-15H,5-8H2,1H3,(H,25,26). The van der Waals surface area contributed by atoms with Gasteiger partial charge in [0.15, 0.2) is 17.1 Å². The Balaban J connectivity index is 1.35. The molecule has 0 aliphatic heterocycles. The Morgan fingerprint density at radius 3 is 2.79 bits per heavy atom. The molecule has 0 spiro atoms. The second-order valence-corrected chi connectivity index (χ2v) is 6.88. The predicted molar refractivity (Wildman–Crippen MR) is 104 cm³/mol. The average Bonchev–Trinajstić information content (AvgIpc) is 3.20. The maximum absolute atomic E-state index is 12.6. The first kappa shape index (κ1) is 18.7. The van der Waals surface area contributed by atoms with Crippen molar-refractivity contribution in [3.05, 3.63) is 48.1 Å². The van der Waals surface area contributed by atoms with E-state index in [-0.39, 0.29) is 35.4 Å². The maximum Gasteiger partial charge on any atom is 0.287 e. The van der Waals surface area contributed by atoms with Gasteiger partial charge in [-0.3, -0.25) is 4.79 Å². The molecule has 0 unspecified atom stereocenters. The smallest absolute Gasteiger partial charge is 0.287 e. The summed E-state index contributed by atoms with van der Waals surface area (Å²) in [6.07, 6.45) is 5.95. The molecule has 2 heterocycles. The van der Waals surface area contributed by atoms with E-state index in [0.717, 1.165) is 31.1 Å². The van der Waals surface area contributed by atoms with Gasteiger partial charge in [0.1, 0.15) is 12.2 Å². The Morgan fingerprint density at radius 2 is 2.03 bits per heavy atom. The number of hydrogen-bond donors (Lipinski definition) is 1. The van der Waals surface area contributed by atoms with E-state index in [2.05, 4.69) is 15.3 Å². The van der Waals surface area contributed by atoms with Gasteiger partial charge in [-0.05, 0) is 37.8 Å². The zero-order chi connectivity index (χ0) is 20.2. The molecule has 1 fully saturated rings. The zero-order valence-electron chi connectivity index (χ0n) is 15.9. The van der Waals surface area contributed by atoms with Gasteiger partial charge in [0, 0.05) is 23.8 Å². The van der Waals surface area contributed by atoms with E-state index >= 15 is 0 Å². The molecule has 1 aliphatic rings. The molecular weight excluding hydrogens is 372 g/mol. The predicted octanol–water partition coefficient (Wildman–Crippen LogP) is 3.22. The van der Waals surface area contributed by atoms with Crippen LogP contribution in [-0.4, -0.2) is 35.1 Å². The van der Waals surface area contributed by atoms with Crippen LogP contribution < -0.4 is 14.8 Å². The van der Waals surface area contributed by atoms with Crippen LogP contribution in [0.5, 0.6) is 11.6 Å². The van der Waals surface area contributed by atoms with Crippen LogP contribution in [0.2, 0.25) is 0 Å². The number of ether oxygens (including phenoxy) is 2. The third-order valence-electron chi connectivity index (χ3n) is 5.01. The van der Waals surface area contributed by atoms with Crippen molar-refractivity contribution in [2.24, 2.45) is 0 Å². The molecular formula is C21H20N4O4. The lowest BCUT2D eigenvalue weighted by atomic mass is 9.93. The number of amides is 1. The van der Waals surface area contributed by atoms with E-state index in [1.54, 1.807) is 19.2 Å². The summed E-state index contributed by atoms with van der Waals surface area (Å²) in [6, 6.07) is 9.27. The van der Waals surface area contributed by atoms with Crippen molar-refractivity contribution < 1.29 is 18.7 Å². The monoisotopic (exact) mass is 392 g/mol. The second-order valence-electron chi connectivity index (χ2n) is 6.88. The third kappa shape index (κ3) is 3.99. The normalized spacial score (nSPS) is 18.8. The lowest BCUT2D eigenvalue weighted by Crippen LogP contribution is -2.39. The van der Waals surface area contributed by atoms with Gasteiger partial charge >= 0.3 is 0 Å². The Morgan fingerprint density at radius 1 is 1.24 bits per heavy atom. The SMILES string of the molecule is COc1cccc2cc(C(=O)NC3CCC(Oc4nccnc4C#N)CC3)oc12. The quantitative estimate of drug-likeness (QED) is 0.710. The van der Waals surface area contributed by atoms with Crippen LogP contribution in [-0.2, 0) is 0 Å². The summed E-state index contributed by atoms with van der Waals surface area (Å²) >= 11 is 0. The summed E-state index contributed by atoms with van der Waals surface area (Å²) in [7, 11) is 1.57. The van der Waals surface area contributed by atoms with E-state index in [4.69, 9.17) is 19.2 Å². The van der Waals surface area contributed by atoms with E-state index in [0.29, 0.717) is 11.3 Å². The van der Waals surface area contributed by atoms with Gasteiger partial charge in [-0.25, -0.2) is 9.97 Å². The Labute approximate surface area is 167 Å². The fourth-order valence-corrected chi connectivity index (χ4v) is 3.54. The molecule has 1 N–H and O–H groups in total. The van der Waals surface area contributed by atoms with Gasteiger partial charge < -0.3 is 19.2 Å². The van der Waals surface area contributed by atoms with E-state index in [1.165, 1.54) is 12.4 Å². The van der Waals surface area contributed by atoms with Gasteiger partial charge in [-0.1, -0.05) is 12.1 Å². The number of hydrogen-bond acceptors (Lipinski definition) is 7. The highest BCUT2D eigenvalue weighted by Crippen LogP contribution is 2.29. The number of rotatable bonds is 5.